The Bertz CT molecular complexity index is 1070. The molecule has 3 rings (SSSR count). The van der Waals surface area contributed by atoms with Crippen LogP contribution in [0.2, 0.25) is 0 Å². The number of pyridine rings is 1. The number of aryl methyl sites for hydroxylation is 2. The quantitative estimate of drug-likeness (QED) is 0.295. The van der Waals surface area contributed by atoms with E-state index in [1.54, 1.807) is 24.3 Å². The second-order valence-corrected chi connectivity index (χ2v) is 6.49. The lowest BCUT2D eigenvalue weighted by atomic mass is 10.2. The third-order valence-corrected chi connectivity index (χ3v) is 4.20. The van der Waals surface area contributed by atoms with Crippen LogP contribution in [0.4, 0.5) is 23.1 Å². The number of H-pyrrole nitrogens is 1. The van der Waals surface area contributed by atoms with Crippen LogP contribution in [0.5, 0.6) is 5.75 Å². The summed E-state index contributed by atoms with van der Waals surface area (Å²) in [5.41, 5.74) is 2.65. The van der Waals surface area contributed by atoms with Crippen LogP contribution in [0.1, 0.15) is 21.6 Å². The number of carbonyl (C=O) groups is 1. The summed E-state index contributed by atoms with van der Waals surface area (Å²) in [7, 11) is 1.34. The highest BCUT2D eigenvalue weighted by molar-refractivity contribution is 5.89. The minimum absolute atomic E-state index is 0.353. The number of carbonyl (C=O) groups excluding carboxylic acids is 1. The van der Waals surface area contributed by atoms with Gasteiger partial charge in [-0.15, -0.1) is 0 Å². The maximum absolute atomic E-state index is 11.5. The van der Waals surface area contributed by atoms with E-state index >= 15 is 0 Å². The summed E-state index contributed by atoms with van der Waals surface area (Å²) in [6, 6.07) is 10.4. The third-order valence-electron chi connectivity index (χ3n) is 4.20. The van der Waals surface area contributed by atoms with Gasteiger partial charge in [0.25, 0.3) is 0 Å². The SMILES string of the molecule is [C-]#[N+]c1c(C)cc(Nc2cc(C)[nH]n2)nc1NCCOc1ccc(C(=O)OC)cc1. The van der Waals surface area contributed by atoms with Gasteiger partial charge in [0.1, 0.15) is 24.0 Å². The van der Waals surface area contributed by atoms with E-state index in [1.807, 2.05) is 26.0 Å². The molecule has 9 heteroatoms. The molecule has 3 N–H and O–H groups in total. The highest BCUT2D eigenvalue weighted by Crippen LogP contribution is 2.30. The van der Waals surface area contributed by atoms with Crippen molar-refractivity contribution < 1.29 is 14.3 Å². The van der Waals surface area contributed by atoms with E-state index in [2.05, 4.69) is 35.4 Å². The van der Waals surface area contributed by atoms with E-state index in [9.17, 15) is 4.79 Å². The Morgan fingerprint density at radius 2 is 1.97 bits per heavy atom. The first-order valence-corrected chi connectivity index (χ1v) is 9.23. The second kappa shape index (κ2) is 9.43. The van der Waals surface area contributed by atoms with Gasteiger partial charge in [-0.2, -0.15) is 5.10 Å². The molecule has 0 atom stereocenters. The van der Waals surface area contributed by atoms with Gasteiger partial charge in [-0.25, -0.2) is 14.6 Å². The minimum atomic E-state index is -0.394. The zero-order valence-electron chi connectivity index (χ0n) is 16.9. The summed E-state index contributed by atoms with van der Waals surface area (Å²) >= 11 is 0. The zero-order chi connectivity index (χ0) is 21.5. The molecule has 0 amide bonds. The summed E-state index contributed by atoms with van der Waals surface area (Å²) in [4.78, 5) is 19.5. The fourth-order valence-corrected chi connectivity index (χ4v) is 2.75. The van der Waals surface area contributed by atoms with Gasteiger partial charge in [0.2, 0.25) is 5.69 Å². The summed E-state index contributed by atoms with van der Waals surface area (Å²) < 4.78 is 10.4. The van der Waals surface area contributed by atoms with E-state index < -0.39 is 5.97 Å². The van der Waals surface area contributed by atoms with Gasteiger partial charge in [0, 0.05) is 18.3 Å². The molecule has 154 valence electrons. The Morgan fingerprint density at radius 3 is 2.60 bits per heavy atom. The molecule has 2 aromatic heterocycles. The molecule has 0 spiro atoms. The molecule has 0 radical (unpaired) electrons. The molecule has 3 aromatic rings. The molecule has 0 saturated heterocycles. The standard InChI is InChI=1S/C21H22N6O3/c1-13-11-17(24-18-12-14(2)26-27-18)25-20(19(13)22-3)23-9-10-30-16-7-5-15(6-8-16)21(28)29-4/h5-8,11-12H,9-10H2,1-2,4H3,(H3,23,24,25,26,27). The molecular formula is C21H22N6O3. The van der Waals surface area contributed by atoms with Crippen molar-refractivity contribution in [1.29, 1.82) is 0 Å². The number of methoxy groups -OCH3 is 1. The topological polar surface area (TPSA) is 106 Å². The fraction of sp³-hybridized carbons (Fsp3) is 0.238. The number of rotatable bonds is 8. The predicted molar refractivity (Wildman–Crippen MR) is 114 cm³/mol. The molecular weight excluding hydrogens is 384 g/mol. The number of benzene rings is 1. The maximum atomic E-state index is 11.5. The van der Waals surface area contributed by atoms with E-state index in [4.69, 9.17) is 11.3 Å². The lowest BCUT2D eigenvalue weighted by Gasteiger charge is -2.13. The van der Waals surface area contributed by atoms with E-state index in [0.29, 0.717) is 47.6 Å². The predicted octanol–water partition coefficient (Wildman–Crippen LogP) is 3.99. The minimum Gasteiger partial charge on any atom is -0.492 e. The van der Waals surface area contributed by atoms with Gasteiger partial charge < -0.3 is 20.1 Å². The smallest absolute Gasteiger partial charge is 0.337 e. The zero-order valence-corrected chi connectivity index (χ0v) is 16.9. The number of hydrogen-bond acceptors (Lipinski definition) is 7. The number of aromatic amines is 1. The van der Waals surface area contributed by atoms with E-state index in [-0.39, 0.29) is 0 Å². The lowest BCUT2D eigenvalue weighted by molar-refractivity contribution is 0.0600. The fourth-order valence-electron chi connectivity index (χ4n) is 2.75. The number of hydrogen-bond donors (Lipinski definition) is 3. The molecule has 0 aliphatic carbocycles. The Hall–Kier alpha value is -4.06. The molecule has 0 aliphatic heterocycles. The van der Waals surface area contributed by atoms with Crippen molar-refractivity contribution in [3.05, 3.63) is 64.6 Å². The van der Waals surface area contributed by atoms with Crippen molar-refractivity contribution in [1.82, 2.24) is 15.2 Å². The van der Waals surface area contributed by atoms with Crippen LogP contribution in [0.25, 0.3) is 4.85 Å². The number of nitrogens with zero attached hydrogens (tertiary/aromatic N) is 3. The largest absolute Gasteiger partial charge is 0.492 e. The van der Waals surface area contributed by atoms with Crippen molar-refractivity contribution in [3.8, 4) is 5.75 Å². The Kier molecular flexibility index (Phi) is 6.49. The first-order chi connectivity index (χ1) is 14.5. The highest BCUT2D eigenvalue weighted by atomic mass is 16.5. The molecule has 9 nitrogen and oxygen atoms in total. The Labute approximate surface area is 174 Å². The summed E-state index contributed by atoms with van der Waals surface area (Å²) in [5.74, 6) is 1.95. The lowest BCUT2D eigenvalue weighted by Crippen LogP contribution is -2.13. The van der Waals surface area contributed by atoms with Crippen molar-refractivity contribution in [3.63, 3.8) is 0 Å². The van der Waals surface area contributed by atoms with Crippen LogP contribution in [0.3, 0.4) is 0 Å². The van der Waals surface area contributed by atoms with Crippen molar-refractivity contribution >= 4 is 29.1 Å². The van der Waals surface area contributed by atoms with Gasteiger partial charge in [0.15, 0.2) is 5.82 Å². The van der Waals surface area contributed by atoms with Crippen LogP contribution in [-0.4, -0.2) is 41.4 Å². The molecule has 0 saturated carbocycles. The average Bonchev–Trinajstić information content (AvgIpc) is 3.15. The number of ether oxygens (including phenoxy) is 2. The molecule has 0 bridgehead atoms. The maximum Gasteiger partial charge on any atom is 0.337 e. The van der Waals surface area contributed by atoms with Crippen LogP contribution >= 0.6 is 0 Å². The highest BCUT2D eigenvalue weighted by Gasteiger charge is 2.11. The van der Waals surface area contributed by atoms with Crippen LogP contribution in [0.15, 0.2) is 36.4 Å². The van der Waals surface area contributed by atoms with E-state index in [1.165, 1.54) is 7.11 Å². The van der Waals surface area contributed by atoms with Gasteiger partial charge in [0.05, 0.1) is 19.2 Å². The van der Waals surface area contributed by atoms with Crippen molar-refractivity contribution in [2.24, 2.45) is 0 Å². The third kappa shape index (κ3) is 5.05. The number of aromatic nitrogens is 3. The van der Waals surface area contributed by atoms with Gasteiger partial charge in [-0.05, 0) is 49.7 Å². The summed E-state index contributed by atoms with van der Waals surface area (Å²) in [5, 5.41) is 13.3. The molecule has 2 heterocycles. The molecule has 30 heavy (non-hydrogen) atoms. The molecule has 0 fully saturated rings. The van der Waals surface area contributed by atoms with Crippen LogP contribution in [0, 0.1) is 20.4 Å². The number of esters is 1. The van der Waals surface area contributed by atoms with E-state index in [0.717, 1.165) is 11.3 Å². The normalized spacial score (nSPS) is 10.2. The van der Waals surface area contributed by atoms with Gasteiger partial charge >= 0.3 is 5.97 Å². The Morgan fingerprint density at radius 1 is 1.20 bits per heavy atom. The number of anilines is 3. The van der Waals surface area contributed by atoms with Crippen molar-refractivity contribution in [2.75, 3.05) is 30.9 Å². The summed E-state index contributed by atoms with van der Waals surface area (Å²) in [6.07, 6.45) is 0. The second-order valence-electron chi connectivity index (χ2n) is 6.49. The van der Waals surface area contributed by atoms with Gasteiger partial charge in [-0.3, -0.25) is 5.10 Å². The molecule has 0 aliphatic rings. The van der Waals surface area contributed by atoms with Gasteiger partial charge in [-0.1, -0.05) is 0 Å². The first kappa shape index (κ1) is 20.7. The monoisotopic (exact) mass is 406 g/mol. The average molecular weight is 406 g/mol. The molecule has 1 aromatic carbocycles. The summed E-state index contributed by atoms with van der Waals surface area (Å²) in [6.45, 7) is 12.0. The molecule has 0 unspecified atom stereocenters. The van der Waals surface area contributed by atoms with Crippen molar-refractivity contribution in [2.45, 2.75) is 13.8 Å². The Balaban J connectivity index is 1.61. The number of nitrogens with one attached hydrogen (secondary N) is 3. The first-order valence-electron chi connectivity index (χ1n) is 9.23. The van der Waals surface area contributed by atoms with Crippen LogP contribution < -0.4 is 15.4 Å². The van der Waals surface area contributed by atoms with Crippen LogP contribution in [-0.2, 0) is 4.74 Å².